The van der Waals surface area contributed by atoms with Crippen molar-refractivity contribution in [3.63, 3.8) is 0 Å². The smallest absolute Gasteiger partial charge is 0.0991 e. The highest BCUT2D eigenvalue weighted by atomic mass is 35.5. The number of nitrogens with zero attached hydrogens (tertiary/aromatic N) is 1. The van der Waals surface area contributed by atoms with Crippen molar-refractivity contribution in [2.45, 2.75) is 5.88 Å². The highest BCUT2D eigenvalue weighted by Gasteiger charge is 2.00. The number of hydrogen-bond acceptors (Lipinski definition) is 1. The molecule has 0 atom stereocenters. The third-order valence-electron chi connectivity index (χ3n) is 2.25. The van der Waals surface area contributed by atoms with Gasteiger partial charge in [-0.2, -0.15) is 5.26 Å². The highest BCUT2D eigenvalue weighted by Crippen LogP contribution is 2.21. The molecular formula is C12H8ClN. The molecule has 0 bridgehead atoms. The zero-order chi connectivity index (χ0) is 9.97. The van der Waals surface area contributed by atoms with Crippen molar-refractivity contribution >= 4 is 22.4 Å². The molecule has 0 fully saturated rings. The molecule has 0 amide bonds. The number of rotatable bonds is 1. The van der Waals surface area contributed by atoms with Crippen LogP contribution >= 0.6 is 11.6 Å². The van der Waals surface area contributed by atoms with Gasteiger partial charge in [0.15, 0.2) is 0 Å². The van der Waals surface area contributed by atoms with Gasteiger partial charge in [-0.3, -0.25) is 0 Å². The Bertz CT molecular complexity index is 511. The third kappa shape index (κ3) is 1.45. The van der Waals surface area contributed by atoms with E-state index in [1.165, 1.54) is 0 Å². The normalized spacial score (nSPS) is 10.0. The maximum atomic E-state index is 8.78. The van der Waals surface area contributed by atoms with Gasteiger partial charge < -0.3 is 0 Å². The van der Waals surface area contributed by atoms with E-state index in [1.54, 1.807) is 0 Å². The first-order valence-electron chi connectivity index (χ1n) is 4.33. The summed E-state index contributed by atoms with van der Waals surface area (Å²) in [5.74, 6) is 0.478. The molecule has 1 nitrogen and oxygen atoms in total. The van der Waals surface area contributed by atoms with E-state index < -0.39 is 0 Å². The van der Waals surface area contributed by atoms with Crippen molar-refractivity contribution in [3.05, 3.63) is 47.5 Å². The lowest BCUT2D eigenvalue weighted by molar-refractivity contribution is 1.44. The molecule has 2 rings (SSSR count). The largest absolute Gasteiger partial charge is 0.192 e. The Kier molecular flexibility index (Phi) is 2.39. The third-order valence-corrected chi connectivity index (χ3v) is 2.53. The summed E-state index contributed by atoms with van der Waals surface area (Å²) in [6.07, 6.45) is 0. The van der Waals surface area contributed by atoms with Gasteiger partial charge in [-0.1, -0.05) is 24.3 Å². The summed E-state index contributed by atoms with van der Waals surface area (Å²) in [4.78, 5) is 0. The molecule has 0 N–H and O–H groups in total. The Morgan fingerprint density at radius 2 is 2.07 bits per heavy atom. The van der Waals surface area contributed by atoms with Crippen LogP contribution in [0.1, 0.15) is 11.1 Å². The van der Waals surface area contributed by atoms with E-state index in [0.717, 1.165) is 16.3 Å². The zero-order valence-corrected chi connectivity index (χ0v) is 8.25. The van der Waals surface area contributed by atoms with E-state index in [9.17, 15) is 0 Å². The maximum absolute atomic E-state index is 8.78. The summed E-state index contributed by atoms with van der Waals surface area (Å²) in [6.45, 7) is 0. The molecule has 0 aliphatic heterocycles. The molecule has 0 aliphatic carbocycles. The van der Waals surface area contributed by atoms with Gasteiger partial charge in [-0.05, 0) is 28.5 Å². The van der Waals surface area contributed by atoms with Gasteiger partial charge in [-0.15, -0.1) is 11.6 Å². The molecule has 0 aromatic heterocycles. The van der Waals surface area contributed by atoms with Gasteiger partial charge >= 0.3 is 0 Å². The fourth-order valence-corrected chi connectivity index (χ4v) is 1.76. The monoisotopic (exact) mass is 201 g/mol. The molecule has 0 spiro atoms. The van der Waals surface area contributed by atoms with Crippen LogP contribution in [0, 0.1) is 11.3 Å². The average Bonchev–Trinajstić information content (AvgIpc) is 2.27. The minimum absolute atomic E-state index is 0.478. The van der Waals surface area contributed by atoms with Crippen molar-refractivity contribution in [3.8, 4) is 6.07 Å². The van der Waals surface area contributed by atoms with Crippen LogP contribution in [-0.2, 0) is 5.88 Å². The first-order valence-corrected chi connectivity index (χ1v) is 4.86. The molecule has 68 valence electrons. The van der Waals surface area contributed by atoms with Crippen LogP contribution in [0.5, 0.6) is 0 Å². The van der Waals surface area contributed by atoms with Gasteiger partial charge in [-0.25, -0.2) is 0 Å². The van der Waals surface area contributed by atoms with Gasteiger partial charge in [0.25, 0.3) is 0 Å². The lowest BCUT2D eigenvalue weighted by Gasteiger charge is -2.02. The van der Waals surface area contributed by atoms with Crippen LogP contribution in [-0.4, -0.2) is 0 Å². The van der Waals surface area contributed by atoms with E-state index >= 15 is 0 Å². The number of alkyl halides is 1. The number of benzene rings is 2. The Labute approximate surface area is 87.5 Å². The molecule has 2 heteroatoms. The van der Waals surface area contributed by atoms with Gasteiger partial charge in [0.05, 0.1) is 11.6 Å². The molecule has 2 aromatic rings. The first-order chi connectivity index (χ1) is 6.85. The molecule has 0 radical (unpaired) electrons. The first kappa shape index (κ1) is 9.05. The topological polar surface area (TPSA) is 23.8 Å². The molecule has 2 aromatic carbocycles. The second-order valence-electron chi connectivity index (χ2n) is 3.10. The van der Waals surface area contributed by atoms with Crippen LogP contribution in [0.25, 0.3) is 10.8 Å². The van der Waals surface area contributed by atoms with Crippen LogP contribution in [0.2, 0.25) is 0 Å². The number of fused-ring (bicyclic) bond motifs is 1. The Hall–Kier alpha value is -1.52. The van der Waals surface area contributed by atoms with Crippen molar-refractivity contribution in [2.24, 2.45) is 0 Å². The molecule has 0 unspecified atom stereocenters. The fourth-order valence-electron chi connectivity index (χ4n) is 1.52. The Morgan fingerprint density at radius 1 is 1.21 bits per heavy atom. The van der Waals surface area contributed by atoms with Crippen LogP contribution < -0.4 is 0 Å². The highest BCUT2D eigenvalue weighted by molar-refractivity contribution is 6.18. The molecule has 0 saturated carbocycles. The van der Waals surface area contributed by atoms with Crippen LogP contribution in [0.15, 0.2) is 36.4 Å². The standard InChI is InChI=1S/C12H8ClN/c13-7-11-3-1-2-10-5-4-9(8-14)6-12(10)11/h1-6H,7H2. The maximum Gasteiger partial charge on any atom is 0.0991 e. The van der Waals surface area contributed by atoms with Gasteiger partial charge in [0.2, 0.25) is 0 Å². The summed E-state index contributed by atoms with van der Waals surface area (Å²) < 4.78 is 0. The minimum atomic E-state index is 0.478. The molecule has 0 saturated heterocycles. The average molecular weight is 202 g/mol. The number of hydrogen-bond donors (Lipinski definition) is 0. The second kappa shape index (κ2) is 3.69. The number of halogens is 1. The summed E-state index contributed by atoms with van der Waals surface area (Å²) in [6, 6.07) is 13.8. The SMILES string of the molecule is N#Cc1ccc2cccc(CCl)c2c1. The molecule has 14 heavy (non-hydrogen) atoms. The molecule has 0 aliphatic rings. The van der Waals surface area contributed by atoms with Crippen molar-refractivity contribution in [1.82, 2.24) is 0 Å². The number of nitriles is 1. The summed E-state index contributed by atoms with van der Waals surface area (Å²) in [5, 5.41) is 11.0. The van der Waals surface area contributed by atoms with E-state index in [1.807, 2.05) is 36.4 Å². The van der Waals surface area contributed by atoms with E-state index in [4.69, 9.17) is 16.9 Å². The molecular weight excluding hydrogens is 194 g/mol. The van der Waals surface area contributed by atoms with Crippen LogP contribution in [0.4, 0.5) is 0 Å². The van der Waals surface area contributed by atoms with E-state index in [0.29, 0.717) is 11.4 Å². The Morgan fingerprint density at radius 3 is 2.79 bits per heavy atom. The molecule has 0 heterocycles. The summed E-state index contributed by atoms with van der Waals surface area (Å²) in [5.41, 5.74) is 1.75. The quantitative estimate of drug-likeness (QED) is 0.649. The van der Waals surface area contributed by atoms with Crippen LogP contribution in [0.3, 0.4) is 0 Å². The lowest BCUT2D eigenvalue weighted by atomic mass is 10.0. The Balaban J connectivity index is 2.78. The van der Waals surface area contributed by atoms with Crippen molar-refractivity contribution in [1.29, 1.82) is 5.26 Å². The second-order valence-corrected chi connectivity index (χ2v) is 3.37. The zero-order valence-electron chi connectivity index (χ0n) is 7.50. The minimum Gasteiger partial charge on any atom is -0.192 e. The summed E-state index contributed by atoms with van der Waals surface area (Å²) >= 11 is 5.82. The van der Waals surface area contributed by atoms with Gasteiger partial charge in [0, 0.05) is 5.88 Å². The van der Waals surface area contributed by atoms with E-state index in [-0.39, 0.29) is 0 Å². The summed E-state index contributed by atoms with van der Waals surface area (Å²) in [7, 11) is 0. The van der Waals surface area contributed by atoms with E-state index in [2.05, 4.69) is 6.07 Å². The fraction of sp³-hybridized carbons (Fsp3) is 0.0833. The van der Waals surface area contributed by atoms with Gasteiger partial charge in [0.1, 0.15) is 0 Å². The predicted molar refractivity (Wildman–Crippen MR) is 58.2 cm³/mol. The van der Waals surface area contributed by atoms with Crippen molar-refractivity contribution in [2.75, 3.05) is 0 Å². The predicted octanol–water partition coefficient (Wildman–Crippen LogP) is 3.45. The van der Waals surface area contributed by atoms with Crippen molar-refractivity contribution < 1.29 is 0 Å². The lowest BCUT2D eigenvalue weighted by Crippen LogP contribution is -1.83.